The smallest absolute Gasteiger partial charge is 0.407 e. The maximum atomic E-state index is 12.7. The molecule has 0 aromatic carbocycles. The second-order valence-corrected chi connectivity index (χ2v) is 7.85. The fraction of sp³-hybridized carbons (Fsp3) is 0.611. The number of hydrogen-bond acceptors (Lipinski definition) is 4. The Morgan fingerprint density at radius 3 is 2.80 bits per heavy atom. The summed E-state index contributed by atoms with van der Waals surface area (Å²) in [5.41, 5.74) is 0.114. The van der Waals surface area contributed by atoms with Crippen molar-refractivity contribution in [3.63, 3.8) is 0 Å². The van der Waals surface area contributed by atoms with Gasteiger partial charge in [0.05, 0.1) is 11.5 Å². The first-order valence-electron chi connectivity index (χ1n) is 8.57. The predicted molar refractivity (Wildman–Crippen MR) is 91.4 cm³/mol. The Balaban J connectivity index is 1.60. The first-order valence-corrected chi connectivity index (χ1v) is 8.57. The van der Waals surface area contributed by atoms with Gasteiger partial charge in [0.25, 0.3) is 0 Å². The highest BCUT2D eigenvalue weighted by Crippen LogP contribution is 2.52. The Bertz CT molecular complexity index is 685. The fourth-order valence-electron chi connectivity index (χ4n) is 3.27. The molecule has 0 radical (unpaired) electrons. The summed E-state index contributed by atoms with van der Waals surface area (Å²) in [5, 5.41) is 12.3. The van der Waals surface area contributed by atoms with Crippen LogP contribution in [0.1, 0.15) is 32.3 Å². The van der Waals surface area contributed by atoms with Crippen LogP contribution in [0.25, 0.3) is 0 Å². The van der Waals surface area contributed by atoms with Crippen LogP contribution in [-0.4, -0.2) is 52.7 Å². The van der Waals surface area contributed by atoms with Crippen molar-refractivity contribution in [3.05, 3.63) is 23.9 Å². The summed E-state index contributed by atoms with van der Waals surface area (Å²) in [6, 6.07) is 3.63. The summed E-state index contributed by atoms with van der Waals surface area (Å²) >= 11 is 0. The van der Waals surface area contributed by atoms with Crippen molar-refractivity contribution in [2.24, 2.45) is 10.8 Å². The maximum Gasteiger partial charge on any atom is 0.407 e. The molecule has 2 amide bonds. The van der Waals surface area contributed by atoms with E-state index in [0.717, 1.165) is 18.4 Å². The molecule has 1 aromatic heterocycles. The molecule has 1 saturated carbocycles. The molecule has 136 valence electrons. The maximum absolute atomic E-state index is 12.7. The Labute approximate surface area is 147 Å². The summed E-state index contributed by atoms with van der Waals surface area (Å²) in [6.07, 6.45) is 2.67. The highest BCUT2D eigenvalue weighted by Gasteiger charge is 2.57. The molecule has 1 atom stereocenters. The van der Waals surface area contributed by atoms with E-state index in [1.54, 1.807) is 6.20 Å². The van der Waals surface area contributed by atoms with E-state index in [2.05, 4.69) is 10.3 Å². The highest BCUT2D eigenvalue weighted by molar-refractivity contribution is 5.82. The number of amides is 2. The number of likely N-dealkylation sites (tertiary alicyclic amines) is 1. The zero-order valence-corrected chi connectivity index (χ0v) is 14.9. The van der Waals surface area contributed by atoms with E-state index < -0.39 is 11.5 Å². The number of aromatic nitrogens is 1. The topological polar surface area (TPSA) is 91.8 Å². The average molecular weight is 347 g/mol. The number of carbonyl (C=O) groups excluding carboxylic acids is 1. The summed E-state index contributed by atoms with van der Waals surface area (Å²) in [7, 11) is 0. The molecule has 1 spiro atoms. The van der Waals surface area contributed by atoms with Gasteiger partial charge in [0.2, 0.25) is 11.8 Å². The molecule has 1 saturated heterocycles. The third kappa shape index (κ3) is 3.55. The van der Waals surface area contributed by atoms with Crippen molar-refractivity contribution in [2.75, 3.05) is 19.7 Å². The molecular weight excluding hydrogens is 322 g/mol. The minimum atomic E-state index is -0.920. The SMILES string of the molecule is Cc1cccnc1OCC(C)(C)C(=O)NC1CN(C(=O)O)CC12CC2. The zero-order valence-electron chi connectivity index (χ0n) is 14.9. The monoisotopic (exact) mass is 347 g/mol. The lowest BCUT2D eigenvalue weighted by Crippen LogP contribution is -2.49. The van der Waals surface area contributed by atoms with Gasteiger partial charge in [-0.05, 0) is 39.7 Å². The quantitative estimate of drug-likeness (QED) is 0.850. The molecule has 2 N–H and O–H groups in total. The lowest BCUT2D eigenvalue weighted by Gasteiger charge is -2.27. The lowest BCUT2D eigenvalue weighted by atomic mass is 9.91. The standard InChI is InChI=1S/C18H25N3O4/c1-12-5-4-8-19-14(12)25-11-17(2,3)15(22)20-13-9-21(16(23)24)10-18(13)6-7-18/h4-5,8,13H,6-7,9-11H2,1-3H3,(H,20,22)(H,23,24). The van der Waals surface area contributed by atoms with Crippen LogP contribution < -0.4 is 10.1 Å². The van der Waals surface area contributed by atoms with E-state index in [4.69, 9.17) is 4.74 Å². The fourth-order valence-corrected chi connectivity index (χ4v) is 3.27. The van der Waals surface area contributed by atoms with E-state index in [9.17, 15) is 14.7 Å². The van der Waals surface area contributed by atoms with Gasteiger partial charge in [0.1, 0.15) is 6.61 Å². The number of nitrogens with one attached hydrogen (secondary N) is 1. The molecular formula is C18H25N3O4. The Hall–Kier alpha value is -2.31. The number of carbonyl (C=O) groups is 2. The second kappa shape index (κ2) is 6.20. The Kier molecular flexibility index (Phi) is 4.34. The van der Waals surface area contributed by atoms with Gasteiger partial charge in [-0.1, -0.05) is 6.07 Å². The summed E-state index contributed by atoms with van der Waals surface area (Å²) < 4.78 is 5.74. The molecule has 1 aliphatic carbocycles. The van der Waals surface area contributed by atoms with Crippen molar-refractivity contribution in [1.82, 2.24) is 15.2 Å². The molecule has 2 heterocycles. The van der Waals surface area contributed by atoms with Gasteiger partial charge in [0.15, 0.2) is 0 Å². The molecule has 2 aliphatic rings. The van der Waals surface area contributed by atoms with Crippen LogP contribution in [0.5, 0.6) is 5.88 Å². The van der Waals surface area contributed by atoms with Crippen molar-refractivity contribution >= 4 is 12.0 Å². The van der Waals surface area contributed by atoms with Crippen molar-refractivity contribution in [1.29, 1.82) is 0 Å². The summed E-state index contributed by atoms with van der Waals surface area (Å²) in [5.74, 6) is 0.407. The first kappa shape index (κ1) is 17.5. The zero-order chi connectivity index (χ0) is 18.2. The lowest BCUT2D eigenvalue weighted by molar-refractivity contribution is -0.131. The average Bonchev–Trinajstić information content (AvgIpc) is 3.23. The van der Waals surface area contributed by atoms with Gasteiger partial charge in [-0.2, -0.15) is 0 Å². The van der Waals surface area contributed by atoms with Crippen LogP contribution >= 0.6 is 0 Å². The molecule has 0 bridgehead atoms. The molecule has 3 rings (SSSR count). The molecule has 2 fully saturated rings. The third-order valence-corrected chi connectivity index (χ3v) is 5.26. The van der Waals surface area contributed by atoms with Crippen molar-refractivity contribution in [3.8, 4) is 5.88 Å². The number of nitrogens with zero attached hydrogens (tertiary/aromatic N) is 2. The number of hydrogen-bond donors (Lipinski definition) is 2. The van der Waals surface area contributed by atoms with Crippen LogP contribution in [0.2, 0.25) is 0 Å². The normalized spacial score (nSPS) is 21.2. The van der Waals surface area contributed by atoms with Gasteiger partial charge in [-0.15, -0.1) is 0 Å². The largest absolute Gasteiger partial charge is 0.476 e. The van der Waals surface area contributed by atoms with Crippen molar-refractivity contribution in [2.45, 2.75) is 39.7 Å². The van der Waals surface area contributed by atoms with Gasteiger partial charge < -0.3 is 20.1 Å². The summed E-state index contributed by atoms with van der Waals surface area (Å²) in [6.45, 7) is 6.63. The highest BCUT2D eigenvalue weighted by atomic mass is 16.5. The Morgan fingerprint density at radius 1 is 1.48 bits per heavy atom. The van der Waals surface area contributed by atoms with E-state index in [1.807, 2.05) is 32.9 Å². The van der Waals surface area contributed by atoms with Crippen LogP contribution in [0.15, 0.2) is 18.3 Å². The molecule has 1 aromatic rings. The van der Waals surface area contributed by atoms with E-state index in [0.29, 0.717) is 19.0 Å². The van der Waals surface area contributed by atoms with Gasteiger partial charge in [-0.25, -0.2) is 9.78 Å². The number of ether oxygens (including phenoxy) is 1. The molecule has 1 aliphatic heterocycles. The van der Waals surface area contributed by atoms with Crippen molar-refractivity contribution < 1.29 is 19.4 Å². The molecule has 7 nitrogen and oxygen atoms in total. The van der Waals surface area contributed by atoms with E-state index in [1.165, 1.54) is 4.90 Å². The van der Waals surface area contributed by atoms with Crippen LogP contribution in [0.3, 0.4) is 0 Å². The van der Waals surface area contributed by atoms with Crippen LogP contribution in [-0.2, 0) is 4.79 Å². The van der Waals surface area contributed by atoms with E-state index >= 15 is 0 Å². The van der Waals surface area contributed by atoms with Gasteiger partial charge in [-0.3, -0.25) is 4.79 Å². The number of aryl methyl sites for hydroxylation is 1. The number of pyridine rings is 1. The minimum absolute atomic E-state index is 0.0669. The van der Waals surface area contributed by atoms with Crippen LogP contribution in [0.4, 0.5) is 4.79 Å². The molecule has 7 heteroatoms. The number of carboxylic acid groups (broad SMARTS) is 1. The van der Waals surface area contributed by atoms with E-state index in [-0.39, 0.29) is 24.0 Å². The number of rotatable bonds is 5. The van der Waals surface area contributed by atoms with Gasteiger partial charge in [0, 0.05) is 30.3 Å². The molecule has 25 heavy (non-hydrogen) atoms. The van der Waals surface area contributed by atoms with Crippen LogP contribution in [0, 0.1) is 17.8 Å². The molecule has 1 unspecified atom stereocenters. The Morgan fingerprint density at radius 2 is 2.20 bits per heavy atom. The second-order valence-electron chi connectivity index (χ2n) is 7.85. The minimum Gasteiger partial charge on any atom is -0.476 e. The first-order chi connectivity index (χ1) is 11.7. The van der Waals surface area contributed by atoms with Gasteiger partial charge >= 0.3 is 6.09 Å². The summed E-state index contributed by atoms with van der Waals surface area (Å²) in [4.78, 5) is 29.5. The third-order valence-electron chi connectivity index (χ3n) is 5.26. The predicted octanol–water partition coefficient (Wildman–Crippen LogP) is 2.05.